The number of rotatable bonds is 6. The Balaban J connectivity index is 2.27. The van der Waals surface area contributed by atoms with Crippen LogP contribution in [0.4, 0.5) is 0 Å². The summed E-state index contributed by atoms with van der Waals surface area (Å²) in [6.07, 6.45) is 0. The Morgan fingerprint density at radius 2 is 1.77 bits per heavy atom. The van der Waals surface area contributed by atoms with Crippen LogP contribution in [0.1, 0.15) is 12.5 Å². The van der Waals surface area contributed by atoms with Crippen molar-refractivity contribution in [2.45, 2.75) is 18.4 Å². The first-order chi connectivity index (χ1) is 10.4. The van der Waals surface area contributed by atoms with E-state index in [1.807, 2.05) is 0 Å². The maximum atomic E-state index is 12.7. The maximum Gasteiger partial charge on any atom is 0.243 e. The van der Waals surface area contributed by atoms with Crippen LogP contribution in [0, 0.1) is 0 Å². The van der Waals surface area contributed by atoms with Gasteiger partial charge in [0, 0.05) is 19.6 Å². The van der Waals surface area contributed by atoms with Gasteiger partial charge in [-0.15, -0.1) is 0 Å². The third kappa shape index (κ3) is 4.05. The zero-order valence-electron chi connectivity index (χ0n) is 12.4. The van der Waals surface area contributed by atoms with Crippen LogP contribution < -0.4 is 4.72 Å². The molecule has 1 saturated heterocycles. The molecule has 1 aliphatic heterocycles. The number of hydrogen-bond donors (Lipinski definition) is 1. The number of nitrogens with one attached hydrogen (secondary N) is 1. The van der Waals surface area contributed by atoms with Gasteiger partial charge in [-0.2, -0.15) is 4.31 Å². The van der Waals surface area contributed by atoms with Gasteiger partial charge in [-0.3, -0.25) is 0 Å². The van der Waals surface area contributed by atoms with Crippen molar-refractivity contribution in [3.8, 4) is 0 Å². The highest BCUT2D eigenvalue weighted by Crippen LogP contribution is 2.21. The molecule has 0 amide bonds. The molecular weight excluding hydrogens is 328 g/mol. The smallest absolute Gasteiger partial charge is 0.243 e. The van der Waals surface area contributed by atoms with Crippen LogP contribution in [0.3, 0.4) is 0 Å². The Bertz CT molecular complexity index is 710. The number of hydrogen-bond acceptors (Lipinski definition) is 5. The Morgan fingerprint density at radius 1 is 1.14 bits per heavy atom. The van der Waals surface area contributed by atoms with E-state index in [9.17, 15) is 16.8 Å². The van der Waals surface area contributed by atoms with Crippen molar-refractivity contribution in [3.63, 3.8) is 0 Å². The molecule has 7 nitrogen and oxygen atoms in total. The largest absolute Gasteiger partial charge is 0.379 e. The highest BCUT2D eigenvalue weighted by Gasteiger charge is 2.28. The molecule has 22 heavy (non-hydrogen) atoms. The van der Waals surface area contributed by atoms with Crippen LogP contribution in [0.5, 0.6) is 0 Å². The van der Waals surface area contributed by atoms with Crippen molar-refractivity contribution in [1.82, 2.24) is 9.03 Å². The van der Waals surface area contributed by atoms with Gasteiger partial charge >= 0.3 is 0 Å². The summed E-state index contributed by atoms with van der Waals surface area (Å²) in [6.45, 7) is 2.82. The second-order valence-corrected chi connectivity index (χ2v) is 8.85. The van der Waals surface area contributed by atoms with E-state index in [1.165, 1.54) is 17.3 Å². The van der Waals surface area contributed by atoms with Gasteiger partial charge in [-0.05, 0) is 18.6 Å². The van der Waals surface area contributed by atoms with Crippen LogP contribution in [-0.4, -0.2) is 53.2 Å². The molecule has 0 unspecified atom stereocenters. The minimum atomic E-state index is -3.65. The third-order valence-electron chi connectivity index (χ3n) is 3.42. The monoisotopic (exact) mass is 348 g/mol. The first-order valence-corrected chi connectivity index (χ1v) is 10.1. The van der Waals surface area contributed by atoms with Crippen molar-refractivity contribution < 1.29 is 21.6 Å². The molecule has 1 aromatic carbocycles. The Kier molecular flexibility index (Phi) is 5.56. The van der Waals surface area contributed by atoms with E-state index in [0.717, 1.165) is 0 Å². The first-order valence-electron chi connectivity index (χ1n) is 7.00. The molecule has 9 heteroatoms. The van der Waals surface area contributed by atoms with Gasteiger partial charge in [0.25, 0.3) is 0 Å². The molecule has 0 spiro atoms. The van der Waals surface area contributed by atoms with Gasteiger partial charge < -0.3 is 4.74 Å². The molecular formula is C13H20N2O5S2. The lowest BCUT2D eigenvalue weighted by Crippen LogP contribution is -2.41. The van der Waals surface area contributed by atoms with Gasteiger partial charge in [0.2, 0.25) is 20.0 Å². The Morgan fingerprint density at radius 3 is 2.41 bits per heavy atom. The molecule has 0 aliphatic carbocycles. The highest BCUT2D eigenvalue weighted by atomic mass is 32.2. The predicted octanol–water partition coefficient (Wildman–Crippen LogP) is 0.147. The van der Waals surface area contributed by atoms with E-state index >= 15 is 0 Å². The summed E-state index contributed by atoms with van der Waals surface area (Å²) >= 11 is 0. The first kappa shape index (κ1) is 17.4. The van der Waals surface area contributed by atoms with Crippen LogP contribution in [0.2, 0.25) is 0 Å². The fraction of sp³-hybridized carbons (Fsp3) is 0.538. The molecule has 0 bridgehead atoms. The molecule has 1 N–H and O–H groups in total. The third-order valence-corrected chi connectivity index (χ3v) is 6.77. The van der Waals surface area contributed by atoms with Crippen molar-refractivity contribution in [2.75, 3.05) is 32.1 Å². The maximum absolute atomic E-state index is 12.7. The lowest BCUT2D eigenvalue weighted by Gasteiger charge is -2.27. The predicted molar refractivity (Wildman–Crippen MR) is 82.3 cm³/mol. The fourth-order valence-electron chi connectivity index (χ4n) is 2.12. The quantitative estimate of drug-likeness (QED) is 0.790. The molecule has 1 aliphatic rings. The second-order valence-electron chi connectivity index (χ2n) is 4.85. The number of ether oxygens (including phenoxy) is 1. The van der Waals surface area contributed by atoms with Crippen LogP contribution in [-0.2, 0) is 31.3 Å². The fourth-order valence-corrected chi connectivity index (χ4v) is 4.33. The molecule has 1 aromatic rings. The Labute approximate surface area is 131 Å². The molecule has 0 saturated carbocycles. The normalized spacial score (nSPS) is 17.5. The van der Waals surface area contributed by atoms with Crippen molar-refractivity contribution in [2.24, 2.45) is 0 Å². The van der Waals surface area contributed by atoms with Crippen molar-refractivity contribution >= 4 is 20.0 Å². The minimum absolute atomic E-state index is 0.0457. The molecule has 1 fully saturated rings. The second kappa shape index (κ2) is 7.05. The van der Waals surface area contributed by atoms with Crippen molar-refractivity contribution in [3.05, 3.63) is 29.8 Å². The van der Waals surface area contributed by atoms with E-state index < -0.39 is 20.0 Å². The molecule has 0 radical (unpaired) electrons. The Hall–Kier alpha value is -1.00. The number of nitrogens with zero attached hydrogens (tertiary/aromatic N) is 1. The number of morpholine rings is 1. The molecule has 0 atom stereocenters. The lowest BCUT2D eigenvalue weighted by atomic mass is 10.2. The molecule has 2 rings (SSSR count). The number of sulfonamides is 2. The minimum Gasteiger partial charge on any atom is -0.379 e. The summed E-state index contributed by atoms with van der Waals surface area (Å²) < 4.78 is 57.4. The highest BCUT2D eigenvalue weighted by molar-refractivity contribution is 7.89. The van der Waals surface area contributed by atoms with E-state index in [4.69, 9.17) is 4.74 Å². The summed E-state index contributed by atoms with van der Waals surface area (Å²) in [4.78, 5) is 0.135. The van der Waals surface area contributed by atoms with Crippen LogP contribution in [0.25, 0.3) is 0 Å². The van der Waals surface area contributed by atoms with Gasteiger partial charge in [-0.25, -0.2) is 21.6 Å². The van der Waals surface area contributed by atoms with Gasteiger partial charge in [0.15, 0.2) is 0 Å². The topological polar surface area (TPSA) is 92.8 Å². The lowest BCUT2D eigenvalue weighted by molar-refractivity contribution is 0.0730. The molecule has 1 heterocycles. The van der Waals surface area contributed by atoms with Crippen LogP contribution in [0.15, 0.2) is 29.2 Å². The summed E-state index contributed by atoms with van der Waals surface area (Å²) in [7, 11) is -7.03. The van der Waals surface area contributed by atoms with Crippen molar-refractivity contribution in [1.29, 1.82) is 0 Å². The van der Waals surface area contributed by atoms with E-state index in [-0.39, 0.29) is 17.2 Å². The summed E-state index contributed by atoms with van der Waals surface area (Å²) in [5.41, 5.74) is 0.436. The SMILES string of the molecule is CCS(=O)(=O)NCc1ccccc1S(=O)(=O)N1CCOCC1. The van der Waals surface area contributed by atoms with Gasteiger partial charge in [0.1, 0.15) is 0 Å². The average Bonchev–Trinajstić information content (AvgIpc) is 2.54. The number of benzene rings is 1. The summed E-state index contributed by atoms with van der Waals surface area (Å²) in [5.74, 6) is -0.0502. The van der Waals surface area contributed by atoms with E-state index in [2.05, 4.69) is 4.72 Å². The molecule has 124 valence electrons. The van der Waals surface area contributed by atoms with Gasteiger partial charge in [-0.1, -0.05) is 18.2 Å². The zero-order chi connectivity index (χ0) is 16.2. The van der Waals surface area contributed by atoms with E-state index in [1.54, 1.807) is 18.2 Å². The summed E-state index contributed by atoms with van der Waals surface area (Å²) in [6, 6.07) is 6.44. The molecule has 0 aromatic heterocycles. The standard InChI is InChI=1S/C13H20N2O5S2/c1-2-21(16,17)14-11-12-5-3-4-6-13(12)22(18,19)15-7-9-20-10-8-15/h3-6,14H,2,7-11H2,1H3. The summed E-state index contributed by atoms with van der Waals surface area (Å²) in [5, 5.41) is 0. The van der Waals surface area contributed by atoms with Gasteiger partial charge in [0.05, 0.1) is 23.9 Å². The average molecular weight is 348 g/mol. The zero-order valence-corrected chi connectivity index (χ0v) is 14.0. The van der Waals surface area contributed by atoms with E-state index in [0.29, 0.717) is 31.9 Å². The van der Waals surface area contributed by atoms with Crippen LogP contribution >= 0.6 is 0 Å².